The molecule has 1 saturated heterocycles. The zero-order chi connectivity index (χ0) is 11.3. The summed E-state index contributed by atoms with van der Waals surface area (Å²) in [6.45, 7) is 3.49. The molecule has 0 amide bonds. The molecule has 0 aromatic heterocycles. The molecule has 0 unspecified atom stereocenters. The standard InChI is InChI=1S/C14H28N2/c15-13-14(9-5-1-2-6-10-14)16-11-7-3-4-8-12-16/h1-13,15H2. The predicted octanol–water partition coefficient (Wildman–Crippen LogP) is 2.91. The highest BCUT2D eigenvalue weighted by molar-refractivity contribution is 4.93. The van der Waals surface area contributed by atoms with Crippen LogP contribution in [-0.4, -0.2) is 30.1 Å². The zero-order valence-electron chi connectivity index (χ0n) is 10.7. The van der Waals surface area contributed by atoms with Gasteiger partial charge in [0.05, 0.1) is 0 Å². The van der Waals surface area contributed by atoms with Crippen molar-refractivity contribution < 1.29 is 0 Å². The molecular weight excluding hydrogens is 196 g/mol. The second-order valence-electron chi connectivity index (χ2n) is 5.74. The van der Waals surface area contributed by atoms with Crippen LogP contribution in [0.3, 0.4) is 0 Å². The van der Waals surface area contributed by atoms with Crippen LogP contribution in [0.5, 0.6) is 0 Å². The lowest BCUT2D eigenvalue weighted by molar-refractivity contribution is 0.0817. The first kappa shape index (κ1) is 12.4. The summed E-state index contributed by atoms with van der Waals surface area (Å²) < 4.78 is 0. The summed E-state index contributed by atoms with van der Waals surface area (Å²) in [7, 11) is 0. The van der Waals surface area contributed by atoms with Gasteiger partial charge in [0.1, 0.15) is 0 Å². The summed E-state index contributed by atoms with van der Waals surface area (Å²) in [6.07, 6.45) is 14.0. The van der Waals surface area contributed by atoms with Gasteiger partial charge in [0, 0.05) is 12.1 Å². The third-order valence-electron chi connectivity index (χ3n) is 4.69. The Bertz CT molecular complexity index is 187. The molecule has 0 spiro atoms. The van der Waals surface area contributed by atoms with Crippen molar-refractivity contribution in [3.8, 4) is 0 Å². The van der Waals surface area contributed by atoms with Crippen LogP contribution < -0.4 is 5.73 Å². The van der Waals surface area contributed by atoms with Gasteiger partial charge in [-0.3, -0.25) is 4.90 Å². The van der Waals surface area contributed by atoms with Gasteiger partial charge in [-0.05, 0) is 38.8 Å². The van der Waals surface area contributed by atoms with E-state index >= 15 is 0 Å². The minimum absolute atomic E-state index is 0.376. The molecule has 94 valence electrons. The predicted molar refractivity (Wildman–Crippen MR) is 69.5 cm³/mol. The molecule has 2 aliphatic rings. The van der Waals surface area contributed by atoms with Gasteiger partial charge >= 0.3 is 0 Å². The van der Waals surface area contributed by atoms with Gasteiger partial charge in [-0.25, -0.2) is 0 Å². The Morgan fingerprint density at radius 3 is 1.75 bits per heavy atom. The number of nitrogens with two attached hydrogens (primary N) is 1. The fourth-order valence-electron chi connectivity index (χ4n) is 3.58. The molecule has 0 bridgehead atoms. The fraction of sp³-hybridized carbons (Fsp3) is 1.00. The lowest BCUT2D eigenvalue weighted by Crippen LogP contribution is -2.54. The Morgan fingerprint density at radius 2 is 1.25 bits per heavy atom. The number of hydrogen-bond acceptors (Lipinski definition) is 2. The van der Waals surface area contributed by atoms with Crippen LogP contribution in [0.25, 0.3) is 0 Å². The molecule has 16 heavy (non-hydrogen) atoms. The summed E-state index contributed by atoms with van der Waals surface area (Å²) >= 11 is 0. The van der Waals surface area contributed by atoms with Crippen molar-refractivity contribution in [2.45, 2.75) is 69.7 Å². The van der Waals surface area contributed by atoms with E-state index in [9.17, 15) is 0 Å². The molecule has 0 atom stereocenters. The molecule has 0 aromatic carbocycles. The molecule has 1 heterocycles. The van der Waals surface area contributed by atoms with Gasteiger partial charge in [0.2, 0.25) is 0 Å². The van der Waals surface area contributed by atoms with E-state index in [0.717, 1.165) is 6.54 Å². The first-order valence-electron chi connectivity index (χ1n) is 7.32. The van der Waals surface area contributed by atoms with Gasteiger partial charge in [-0.1, -0.05) is 38.5 Å². The van der Waals surface area contributed by atoms with Crippen molar-refractivity contribution in [1.29, 1.82) is 0 Å². The maximum absolute atomic E-state index is 6.15. The van der Waals surface area contributed by atoms with E-state index in [2.05, 4.69) is 4.90 Å². The van der Waals surface area contributed by atoms with Crippen LogP contribution in [0.2, 0.25) is 0 Å². The summed E-state index contributed by atoms with van der Waals surface area (Å²) in [5.74, 6) is 0. The highest BCUT2D eigenvalue weighted by Crippen LogP contribution is 2.33. The molecule has 0 radical (unpaired) electrons. The molecule has 0 aromatic rings. The number of rotatable bonds is 2. The second-order valence-corrected chi connectivity index (χ2v) is 5.74. The van der Waals surface area contributed by atoms with E-state index in [1.54, 1.807) is 0 Å². The Kier molecular flexibility index (Phi) is 4.66. The highest BCUT2D eigenvalue weighted by Gasteiger charge is 2.35. The number of nitrogens with zero attached hydrogens (tertiary/aromatic N) is 1. The average Bonchev–Trinajstić information content (AvgIpc) is 2.72. The Balaban J connectivity index is 2.04. The summed E-state index contributed by atoms with van der Waals surface area (Å²) in [5, 5.41) is 0. The summed E-state index contributed by atoms with van der Waals surface area (Å²) in [5.41, 5.74) is 6.52. The Hall–Kier alpha value is -0.0800. The smallest absolute Gasteiger partial charge is 0.0331 e. The van der Waals surface area contributed by atoms with Crippen molar-refractivity contribution in [3.05, 3.63) is 0 Å². The fourth-order valence-corrected chi connectivity index (χ4v) is 3.58. The molecule has 2 nitrogen and oxygen atoms in total. The van der Waals surface area contributed by atoms with Crippen LogP contribution >= 0.6 is 0 Å². The monoisotopic (exact) mass is 224 g/mol. The molecule has 1 aliphatic heterocycles. The zero-order valence-corrected chi connectivity index (χ0v) is 10.7. The molecule has 1 saturated carbocycles. The molecule has 2 N–H and O–H groups in total. The minimum Gasteiger partial charge on any atom is -0.329 e. The normalized spacial score (nSPS) is 28.3. The van der Waals surface area contributed by atoms with E-state index in [1.165, 1.54) is 77.3 Å². The van der Waals surface area contributed by atoms with E-state index in [-0.39, 0.29) is 0 Å². The first-order chi connectivity index (χ1) is 7.87. The van der Waals surface area contributed by atoms with Gasteiger partial charge in [-0.2, -0.15) is 0 Å². The van der Waals surface area contributed by atoms with Crippen LogP contribution in [0.4, 0.5) is 0 Å². The third-order valence-corrected chi connectivity index (χ3v) is 4.69. The highest BCUT2D eigenvalue weighted by atomic mass is 15.2. The quantitative estimate of drug-likeness (QED) is 0.731. The van der Waals surface area contributed by atoms with Crippen molar-refractivity contribution >= 4 is 0 Å². The molecule has 2 rings (SSSR count). The molecule has 2 heteroatoms. The molecule has 1 aliphatic carbocycles. The van der Waals surface area contributed by atoms with Crippen molar-refractivity contribution in [1.82, 2.24) is 4.90 Å². The van der Waals surface area contributed by atoms with Crippen LogP contribution in [-0.2, 0) is 0 Å². The van der Waals surface area contributed by atoms with Gasteiger partial charge in [-0.15, -0.1) is 0 Å². The minimum atomic E-state index is 0.376. The van der Waals surface area contributed by atoms with Crippen molar-refractivity contribution in [3.63, 3.8) is 0 Å². The average molecular weight is 224 g/mol. The molecule has 2 fully saturated rings. The van der Waals surface area contributed by atoms with Crippen LogP contribution in [0.15, 0.2) is 0 Å². The van der Waals surface area contributed by atoms with E-state index in [4.69, 9.17) is 5.73 Å². The third kappa shape index (κ3) is 2.78. The Labute approximate surface area is 101 Å². The summed E-state index contributed by atoms with van der Waals surface area (Å²) in [4.78, 5) is 2.76. The lowest BCUT2D eigenvalue weighted by atomic mass is 9.88. The number of likely N-dealkylation sites (tertiary alicyclic amines) is 1. The first-order valence-corrected chi connectivity index (χ1v) is 7.32. The largest absolute Gasteiger partial charge is 0.329 e. The van der Waals surface area contributed by atoms with Crippen molar-refractivity contribution in [2.24, 2.45) is 5.73 Å². The maximum atomic E-state index is 6.15. The Morgan fingerprint density at radius 1 is 0.750 bits per heavy atom. The topological polar surface area (TPSA) is 29.3 Å². The second kappa shape index (κ2) is 6.02. The van der Waals surface area contributed by atoms with E-state index in [1.807, 2.05) is 0 Å². The van der Waals surface area contributed by atoms with Gasteiger partial charge in [0.25, 0.3) is 0 Å². The lowest BCUT2D eigenvalue weighted by Gasteiger charge is -2.43. The summed E-state index contributed by atoms with van der Waals surface area (Å²) in [6, 6.07) is 0. The van der Waals surface area contributed by atoms with Gasteiger partial charge < -0.3 is 5.73 Å². The SMILES string of the molecule is NCC1(N2CCCCCC2)CCCCCC1. The molecular formula is C14H28N2. The van der Waals surface area contributed by atoms with Crippen LogP contribution in [0.1, 0.15) is 64.2 Å². The van der Waals surface area contributed by atoms with Gasteiger partial charge in [0.15, 0.2) is 0 Å². The maximum Gasteiger partial charge on any atom is 0.0331 e. The number of hydrogen-bond donors (Lipinski definition) is 1. The van der Waals surface area contributed by atoms with E-state index < -0.39 is 0 Å². The van der Waals surface area contributed by atoms with E-state index in [0.29, 0.717) is 5.54 Å². The van der Waals surface area contributed by atoms with Crippen molar-refractivity contribution in [2.75, 3.05) is 19.6 Å². The van der Waals surface area contributed by atoms with Crippen LogP contribution in [0, 0.1) is 0 Å².